The van der Waals surface area contributed by atoms with Crippen LogP contribution in [-0.2, 0) is 0 Å². The zero-order valence-electron chi connectivity index (χ0n) is 16.3. The monoisotopic (exact) mass is 375 g/mol. The van der Waals surface area contributed by atoms with E-state index in [2.05, 4.69) is 56.4 Å². The summed E-state index contributed by atoms with van der Waals surface area (Å²) >= 11 is 0. The summed E-state index contributed by atoms with van der Waals surface area (Å²) in [5, 5.41) is 3.27. The van der Waals surface area contributed by atoms with Gasteiger partial charge in [-0.2, -0.15) is 0 Å². The molecule has 0 bridgehead atoms. The van der Waals surface area contributed by atoms with E-state index in [1.54, 1.807) is 7.11 Å². The van der Waals surface area contributed by atoms with Crippen LogP contribution in [0.25, 0.3) is 11.1 Å². The molecule has 4 rings (SSSR count). The van der Waals surface area contributed by atoms with Gasteiger partial charge in [-0.25, -0.2) is 9.97 Å². The second-order valence-corrected chi connectivity index (χ2v) is 6.99. The second-order valence-electron chi connectivity index (χ2n) is 6.99. The first-order chi connectivity index (χ1) is 13.7. The van der Waals surface area contributed by atoms with Crippen molar-refractivity contribution in [3.63, 3.8) is 0 Å². The molecular formula is C22H25N5O. The van der Waals surface area contributed by atoms with Gasteiger partial charge in [0.25, 0.3) is 0 Å². The van der Waals surface area contributed by atoms with Crippen LogP contribution in [-0.4, -0.2) is 55.2 Å². The molecule has 2 heterocycles. The van der Waals surface area contributed by atoms with Gasteiger partial charge in [-0.15, -0.1) is 0 Å². The van der Waals surface area contributed by atoms with Crippen molar-refractivity contribution in [3.05, 3.63) is 60.9 Å². The Bertz CT molecular complexity index is 886. The second kappa shape index (κ2) is 8.27. The molecule has 0 unspecified atom stereocenters. The topological polar surface area (TPSA) is 53.5 Å². The van der Waals surface area contributed by atoms with E-state index < -0.39 is 0 Å². The summed E-state index contributed by atoms with van der Waals surface area (Å²) in [7, 11) is 3.83. The summed E-state index contributed by atoms with van der Waals surface area (Å²) in [6.45, 7) is 4.35. The summed E-state index contributed by atoms with van der Waals surface area (Å²) in [5.74, 6) is 1.42. The molecule has 6 heteroatoms. The molecule has 0 radical (unpaired) electrons. The molecule has 144 valence electrons. The third kappa shape index (κ3) is 4.23. The predicted octanol–water partition coefficient (Wildman–Crippen LogP) is 3.65. The van der Waals surface area contributed by atoms with E-state index in [0.29, 0.717) is 5.95 Å². The molecule has 1 aromatic heterocycles. The molecule has 1 fully saturated rings. The summed E-state index contributed by atoms with van der Waals surface area (Å²) in [6, 6.07) is 16.3. The number of ether oxygens (including phenoxy) is 1. The van der Waals surface area contributed by atoms with Gasteiger partial charge in [0.05, 0.1) is 7.11 Å². The third-order valence-electron chi connectivity index (χ3n) is 5.07. The summed E-state index contributed by atoms with van der Waals surface area (Å²) < 4.78 is 5.20. The number of likely N-dealkylation sites (N-methyl/N-ethyl adjacent to an activating group) is 1. The number of nitrogens with one attached hydrogen (secondary N) is 1. The Morgan fingerprint density at radius 1 is 0.821 bits per heavy atom. The van der Waals surface area contributed by atoms with Gasteiger partial charge in [0.2, 0.25) is 5.95 Å². The Balaban J connectivity index is 1.40. The Labute approximate surface area is 165 Å². The van der Waals surface area contributed by atoms with Crippen LogP contribution in [0.15, 0.2) is 60.9 Å². The fourth-order valence-electron chi connectivity index (χ4n) is 3.27. The van der Waals surface area contributed by atoms with Gasteiger partial charge < -0.3 is 19.9 Å². The zero-order valence-corrected chi connectivity index (χ0v) is 16.3. The SMILES string of the molecule is COc1ccc(-c2cnc(Nc3ccc(N4CCN(C)CC4)cc3)nc2)cc1. The van der Waals surface area contributed by atoms with Crippen molar-refractivity contribution in [2.75, 3.05) is 50.6 Å². The average Bonchev–Trinajstić information content (AvgIpc) is 2.76. The Hall–Kier alpha value is -3.12. The van der Waals surface area contributed by atoms with Crippen LogP contribution in [0, 0.1) is 0 Å². The van der Waals surface area contributed by atoms with Crippen molar-refractivity contribution in [1.29, 1.82) is 0 Å². The van der Waals surface area contributed by atoms with Crippen LogP contribution in [0.3, 0.4) is 0 Å². The minimum atomic E-state index is 0.588. The highest BCUT2D eigenvalue weighted by Crippen LogP contribution is 2.23. The van der Waals surface area contributed by atoms with Crippen molar-refractivity contribution >= 4 is 17.3 Å². The molecule has 2 aromatic carbocycles. The highest BCUT2D eigenvalue weighted by Gasteiger charge is 2.14. The number of nitrogens with zero attached hydrogens (tertiary/aromatic N) is 4. The summed E-state index contributed by atoms with van der Waals surface area (Å²) in [4.78, 5) is 13.7. The van der Waals surface area contributed by atoms with E-state index in [1.807, 2.05) is 36.7 Å². The lowest BCUT2D eigenvalue weighted by Crippen LogP contribution is -2.44. The maximum Gasteiger partial charge on any atom is 0.227 e. The van der Waals surface area contributed by atoms with E-state index in [9.17, 15) is 0 Å². The molecule has 0 spiro atoms. The van der Waals surface area contributed by atoms with Gasteiger partial charge in [-0.1, -0.05) is 12.1 Å². The van der Waals surface area contributed by atoms with E-state index >= 15 is 0 Å². The number of hydrogen-bond donors (Lipinski definition) is 1. The normalized spacial score (nSPS) is 14.7. The molecule has 6 nitrogen and oxygen atoms in total. The lowest BCUT2D eigenvalue weighted by atomic mass is 10.1. The molecule has 3 aromatic rings. The molecule has 1 N–H and O–H groups in total. The largest absolute Gasteiger partial charge is 0.497 e. The first-order valence-corrected chi connectivity index (χ1v) is 9.48. The molecule has 0 saturated carbocycles. The molecule has 0 amide bonds. The molecule has 0 aliphatic carbocycles. The first kappa shape index (κ1) is 18.3. The molecule has 1 aliphatic rings. The van der Waals surface area contributed by atoms with Crippen molar-refractivity contribution in [1.82, 2.24) is 14.9 Å². The van der Waals surface area contributed by atoms with Crippen LogP contribution in [0.2, 0.25) is 0 Å². The van der Waals surface area contributed by atoms with Crippen LogP contribution >= 0.6 is 0 Å². The lowest BCUT2D eigenvalue weighted by Gasteiger charge is -2.34. The number of aromatic nitrogens is 2. The maximum atomic E-state index is 5.20. The van der Waals surface area contributed by atoms with E-state index in [-0.39, 0.29) is 0 Å². The fourth-order valence-corrected chi connectivity index (χ4v) is 3.27. The number of anilines is 3. The molecular weight excluding hydrogens is 350 g/mol. The molecule has 1 aliphatic heterocycles. The van der Waals surface area contributed by atoms with Gasteiger partial charge in [0.15, 0.2) is 0 Å². The standard InChI is InChI=1S/C22H25N5O/c1-26-11-13-27(14-12-26)20-7-5-19(6-8-20)25-22-23-15-18(16-24-22)17-3-9-21(28-2)10-4-17/h3-10,15-16H,11-14H2,1-2H3,(H,23,24,25). The van der Waals surface area contributed by atoms with Crippen LogP contribution in [0.4, 0.5) is 17.3 Å². The minimum absolute atomic E-state index is 0.588. The quantitative estimate of drug-likeness (QED) is 0.735. The van der Waals surface area contributed by atoms with Gasteiger partial charge in [-0.05, 0) is 49.0 Å². The molecule has 0 atom stereocenters. The maximum absolute atomic E-state index is 5.20. The van der Waals surface area contributed by atoms with Gasteiger partial charge >= 0.3 is 0 Å². The Morgan fingerprint density at radius 3 is 2.07 bits per heavy atom. The fraction of sp³-hybridized carbons (Fsp3) is 0.273. The zero-order chi connectivity index (χ0) is 19.3. The average molecular weight is 375 g/mol. The summed E-state index contributed by atoms with van der Waals surface area (Å²) in [6.07, 6.45) is 3.66. The van der Waals surface area contributed by atoms with Crippen molar-refractivity contribution in [3.8, 4) is 16.9 Å². The number of methoxy groups -OCH3 is 1. The molecule has 28 heavy (non-hydrogen) atoms. The van der Waals surface area contributed by atoms with Crippen LogP contribution < -0.4 is 15.0 Å². The van der Waals surface area contributed by atoms with Crippen molar-refractivity contribution in [2.24, 2.45) is 0 Å². The highest BCUT2D eigenvalue weighted by molar-refractivity contribution is 5.64. The van der Waals surface area contributed by atoms with Crippen LogP contribution in [0.1, 0.15) is 0 Å². The Kier molecular flexibility index (Phi) is 5.39. The minimum Gasteiger partial charge on any atom is -0.497 e. The smallest absolute Gasteiger partial charge is 0.227 e. The van der Waals surface area contributed by atoms with Gasteiger partial charge in [-0.3, -0.25) is 0 Å². The van der Waals surface area contributed by atoms with E-state index in [0.717, 1.165) is 48.7 Å². The van der Waals surface area contributed by atoms with Gasteiger partial charge in [0.1, 0.15) is 5.75 Å². The predicted molar refractivity (Wildman–Crippen MR) is 113 cm³/mol. The van der Waals surface area contributed by atoms with Gasteiger partial charge in [0, 0.05) is 55.5 Å². The Morgan fingerprint density at radius 2 is 1.46 bits per heavy atom. The number of benzene rings is 2. The highest BCUT2D eigenvalue weighted by atomic mass is 16.5. The molecule has 1 saturated heterocycles. The first-order valence-electron chi connectivity index (χ1n) is 9.48. The van der Waals surface area contributed by atoms with E-state index in [4.69, 9.17) is 4.74 Å². The van der Waals surface area contributed by atoms with Crippen molar-refractivity contribution < 1.29 is 4.74 Å². The van der Waals surface area contributed by atoms with Crippen LogP contribution in [0.5, 0.6) is 5.75 Å². The third-order valence-corrected chi connectivity index (χ3v) is 5.07. The summed E-state index contributed by atoms with van der Waals surface area (Å²) in [5.41, 5.74) is 4.27. The lowest BCUT2D eigenvalue weighted by molar-refractivity contribution is 0.313. The number of hydrogen-bond acceptors (Lipinski definition) is 6. The number of rotatable bonds is 5. The van der Waals surface area contributed by atoms with E-state index in [1.165, 1.54) is 5.69 Å². The number of piperazine rings is 1. The van der Waals surface area contributed by atoms with Crippen molar-refractivity contribution in [2.45, 2.75) is 0 Å².